The number of nitrogens with one attached hydrogen (secondary N) is 2. The van der Waals surface area contributed by atoms with Gasteiger partial charge in [-0.05, 0) is 31.2 Å². The first-order valence-electron chi connectivity index (χ1n) is 8.30. The maximum absolute atomic E-state index is 13.4. The molecule has 0 fully saturated rings. The van der Waals surface area contributed by atoms with Crippen LogP contribution in [0.15, 0.2) is 47.4 Å². The van der Waals surface area contributed by atoms with Crippen LogP contribution in [0, 0.1) is 11.7 Å². The minimum Gasteiger partial charge on any atom is -0.339 e. The first-order chi connectivity index (χ1) is 12.9. The van der Waals surface area contributed by atoms with Gasteiger partial charge in [-0.15, -0.1) is 0 Å². The lowest BCUT2D eigenvalue weighted by atomic mass is 10.0. The van der Waals surface area contributed by atoms with Gasteiger partial charge < -0.3 is 10.6 Å². The van der Waals surface area contributed by atoms with E-state index in [1.54, 1.807) is 12.1 Å². The average molecular weight is 384 g/mol. The third-order valence-corrected chi connectivity index (χ3v) is 4.62. The minimum absolute atomic E-state index is 0.00801. The van der Waals surface area contributed by atoms with E-state index in [0.717, 1.165) is 11.4 Å². The molecule has 6 nitrogen and oxygen atoms in total. The molecule has 2 N–H and O–H groups in total. The number of allylic oxidation sites excluding steroid dienone is 3. The summed E-state index contributed by atoms with van der Waals surface area (Å²) >= 11 is 5.85. The second kappa shape index (κ2) is 6.59. The number of amides is 1. The Balaban J connectivity index is 1.75. The fraction of sp³-hybridized carbons (Fsp3) is 0.158. The fourth-order valence-corrected chi connectivity index (χ4v) is 3.25. The summed E-state index contributed by atoms with van der Waals surface area (Å²) in [6.07, 6.45) is 5.13. The van der Waals surface area contributed by atoms with E-state index in [4.69, 9.17) is 11.6 Å². The molecule has 2 aliphatic heterocycles. The number of halogens is 2. The average Bonchev–Trinajstić information content (AvgIpc) is 3.11. The van der Waals surface area contributed by atoms with Crippen LogP contribution in [0.25, 0.3) is 5.57 Å². The van der Waals surface area contributed by atoms with E-state index in [0.29, 0.717) is 28.5 Å². The molecule has 1 atom stereocenters. The van der Waals surface area contributed by atoms with Crippen LogP contribution in [0.2, 0.25) is 5.02 Å². The van der Waals surface area contributed by atoms with Crippen LogP contribution in [-0.4, -0.2) is 21.6 Å². The first kappa shape index (κ1) is 17.4. The maximum atomic E-state index is 13.4. The largest absolute Gasteiger partial charge is 0.339 e. The summed E-state index contributed by atoms with van der Waals surface area (Å²) in [5.41, 5.74) is 3.23. The van der Waals surface area contributed by atoms with Gasteiger partial charge in [0.1, 0.15) is 23.8 Å². The quantitative estimate of drug-likeness (QED) is 0.772. The van der Waals surface area contributed by atoms with Crippen molar-refractivity contribution in [2.75, 3.05) is 10.6 Å². The van der Waals surface area contributed by atoms with E-state index in [1.165, 1.54) is 18.5 Å². The van der Waals surface area contributed by atoms with Crippen molar-refractivity contribution in [2.24, 2.45) is 10.9 Å². The van der Waals surface area contributed by atoms with E-state index in [-0.39, 0.29) is 16.8 Å². The topological polar surface area (TPSA) is 79.3 Å². The summed E-state index contributed by atoms with van der Waals surface area (Å²) in [6.45, 7) is 3.93. The van der Waals surface area contributed by atoms with Crippen molar-refractivity contribution in [3.05, 3.63) is 58.8 Å². The zero-order valence-electron chi connectivity index (χ0n) is 14.5. The summed E-state index contributed by atoms with van der Waals surface area (Å²) in [4.78, 5) is 25.4. The number of carbonyl (C=O) groups excluding carboxylic acids is 1. The number of nitrogens with zero attached hydrogens (tertiary/aromatic N) is 3. The van der Waals surface area contributed by atoms with Gasteiger partial charge in [0, 0.05) is 23.0 Å². The van der Waals surface area contributed by atoms with Gasteiger partial charge in [0.25, 0.3) is 5.91 Å². The second-order valence-corrected chi connectivity index (χ2v) is 6.75. The fourth-order valence-electron chi connectivity index (χ4n) is 3.07. The van der Waals surface area contributed by atoms with Crippen LogP contribution in [0.1, 0.15) is 19.4 Å². The van der Waals surface area contributed by atoms with Gasteiger partial charge in [-0.1, -0.05) is 24.6 Å². The Morgan fingerprint density at radius 3 is 2.85 bits per heavy atom. The molecule has 8 heteroatoms. The van der Waals surface area contributed by atoms with Crippen LogP contribution >= 0.6 is 11.6 Å². The van der Waals surface area contributed by atoms with Crippen molar-refractivity contribution < 1.29 is 9.18 Å². The van der Waals surface area contributed by atoms with Gasteiger partial charge in [0.2, 0.25) is 0 Å². The molecule has 0 aliphatic carbocycles. The van der Waals surface area contributed by atoms with Crippen molar-refractivity contribution in [2.45, 2.75) is 13.8 Å². The molecular formula is C19H15ClFN5O. The second-order valence-electron chi connectivity index (χ2n) is 6.35. The number of benzene rings is 1. The summed E-state index contributed by atoms with van der Waals surface area (Å²) in [5.74, 6) is 0.163. The van der Waals surface area contributed by atoms with Crippen LogP contribution < -0.4 is 10.6 Å². The Kier molecular flexibility index (Phi) is 4.24. The Labute approximate surface area is 159 Å². The van der Waals surface area contributed by atoms with Gasteiger partial charge in [-0.2, -0.15) is 0 Å². The molecule has 0 radical (unpaired) electrons. The number of rotatable bonds is 3. The highest BCUT2D eigenvalue weighted by Gasteiger charge is 2.30. The normalized spacial score (nSPS) is 19.6. The van der Waals surface area contributed by atoms with E-state index in [9.17, 15) is 9.18 Å². The van der Waals surface area contributed by atoms with Gasteiger partial charge in [0.05, 0.1) is 16.2 Å². The number of anilines is 3. The van der Waals surface area contributed by atoms with Crippen molar-refractivity contribution in [3.63, 3.8) is 0 Å². The van der Waals surface area contributed by atoms with Crippen LogP contribution in [0.5, 0.6) is 0 Å². The molecule has 27 heavy (non-hydrogen) atoms. The van der Waals surface area contributed by atoms with E-state index >= 15 is 0 Å². The molecule has 1 unspecified atom stereocenters. The molecule has 3 heterocycles. The number of hydrogen-bond acceptors (Lipinski definition) is 5. The molecule has 1 aromatic heterocycles. The number of fused-ring (bicyclic) bond motifs is 1. The lowest BCUT2D eigenvalue weighted by Crippen LogP contribution is -2.08. The van der Waals surface area contributed by atoms with Crippen molar-refractivity contribution in [1.82, 2.24) is 9.97 Å². The molecule has 4 rings (SSSR count). The van der Waals surface area contributed by atoms with Gasteiger partial charge in [-0.25, -0.2) is 14.4 Å². The summed E-state index contributed by atoms with van der Waals surface area (Å²) in [6, 6.07) is 4.25. The number of hydrogen-bond donors (Lipinski definition) is 2. The van der Waals surface area contributed by atoms with Crippen molar-refractivity contribution in [3.8, 4) is 0 Å². The summed E-state index contributed by atoms with van der Waals surface area (Å²) in [5, 5.41) is 5.81. The van der Waals surface area contributed by atoms with Crippen LogP contribution in [-0.2, 0) is 4.79 Å². The summed E-state index contributed by atoms with van der Waals surface area (Å²) < 4.78 is 13.4. The van der Waals surface area contributed by atoms with E-state index in [2.05, 4.69) is 25.6 Å². The van der Waals surface area contributed by atoms with E-state index < -0.39 is 5.82 Å². The molecule has 2 aromatic rings. The molecule has 1 amide bonds. The molecule has 1 aromatic carbocycles. The standard InChI is InChI=1S/C19H15ClFN5O/c1-9-5-10(2)24-15(9)7-12-16-17(22-8-23-18(16)26-19(12)27)25-11-3-4-14(21)13(20)6-11/h3-9H,1-2H3,(H2,22,23,25,26,27). The Bertz CT molecular complexity index is 1060. The predicted molar refractivity (Wildman–Crippen MR) is 104 cm³/mol. The number of aliphatic imine (C=N–C) groups is 1. The highest BCUT2D eigenvalue weighted by molar-refractivity contribution is 6.35. The third-order valence-electron chi connectivity index (χ3n) is 4.33. The highest BCUT2D eigenvalue weighted by Crippen LogP contribution is 2.37. The van der Waals surface area contributed by atoms with E-state index in [1.807, 2.05) is 19.9 Å². The van der Waals surface area contributed by atoms with Crippen LogP contribution in [0.4, 0.5) is 21.7 Å². The van der Waals surface area contributed by atoms with Gasteiger partial charge in [0.15, 0.2) is 0 Å². The minimum atomic E-state index is -0.510. The lowest BCUT2D eigenvalue weighted by Gasteiger charge is -2.10. The van der Waals surface area contributed by atoms with Crippen molar-refractivity contribution >= 4 is 46.1 Å². The zero-order valence-corrected chi connectivity index (χ0v) is 15.3. The predicted octanol–water partition coefficient (Wildman–Crippen LogP) is 4.34. The number of aromatic nitrogens is 2. The van der Waals surface area contributed by atoms with Gasteiger partial charge >= 0.3 is 0 Å². The highest BCUT2D eigenvalue weighted by atomic mass is 35.5. The number of carbonyl (C=O) groups is 1. The molecular weight excluding hydrogens is 369 g/mol. The molecule has 0 saturated heterocycles. The third kappa shape index (κ3) is 3.21. The molecule has 0 bridgehead atoms. The molecule has 136 valence electrons. The van der Waals surface area contributed by atoms with Gasteiger partial charge in [-0.3, -0.25) is 9.79 Å². The maximum Gasteiger partial charge on any atom is 0.257 e. The summed E-state index contributed by atoms with van der Waals surface area (Å²) in [7, 11) is 0. The Hall–Kier alpha value is -3.06. The van der Waals surface area contributed by atoms with Crippen LogP contribution in [0.3, 0.4) is 0 Å². The monoisotopic (exact) mass is 383 g/mol. The zero-order chi connectivity index (χ0) is 19.1. The SMILES string of the molecule is CC1=CC(C)C(C=C2C(=O)Nc3ncnc(Nc4ccc(F)c(Cl)c4)c32)=N1. The Morgan fingerprint density at radius 2 is 2.15 bits per heavy atom. The van der Waals surface area contributed by atoms with Crippen molar-refractivity contribution in [1.29, 1.82) is 0 Å². The lowest BCUT2D eigenvalue weighted by molar-refractivity contribution is -0.110. The molecule has 0 spiro atoms. The Morgan fingerprint density at radius 1 is 1.33 bits per heavy atom. The smallest absolute Gasteiger partial charge is 0.257 e. The molecule has 2 aliphatic rings. The molecule has 0 saturated carbocycles. The first-order valence-corrected chi connectivity index (χ1v) is 8.67.